The van der Waals surface area contributed by atoms with Gasteiger partial charge < -0.3 is 14.9 Å². The van der Waals surface area contributed by atoms with Crippen molar-refractivity contribution in [3.05, 3.63) is 12.2 Å². The van der Waals surface area contributed by atoms with Crippen LogP contribution in [0.15, 0.2) is 12.2 Å². The number of carbonyl (C=O) groups excluding carboxylic acids is 1. The normalized spacial score (nSPS) is 58.0. The summed E-state index contributed by atoms with van der Waals surface area (Å²) in [6.45, 7) is 3.93. The van der Waals surface area contributed by atoms with Crippen molar-refractivity contribution in [2.24, 2.45) is 34.5 Å². The van der Waals surface area contributed by atoms with Crippen molar-refractivity contribution in [1.29, 1.82) is 0 Å². The van der Waals surface area contributed by atoms with E-state index >= 15 is 0 Å². The highest BCUT2D eigenvalue weighted by atomic mass is 16.6. The SMILES string of the molecule is CC[C@H]1C[C@]23C[C@@]1(O)CC[C@H]2[C@@]12CC=C[C@](C)(C(=O)O1)[C@H]2[C@@H]3C(=O)O. The maximum Gasteiger partial charge on any atom is 0.316 e. The van der Waals surface area contributed by atoms with E-state index in [2.05, 4.69) is 6.92 Å². The Kier molecular flexibility index (Phi) is 2.73. The number of aliphatic hydroxyl groups is 1. The van der Waals surface area contributed by atoms with E-state index in [0.717, 1.165) is 19.3 Å². The van der Waals surface area contributed by atoms with Crippen LogP contribution >= 0.6 is 0 Å². The Labute approximate surface area is 147 Å². The highest BCUT2D eigenvalue weighted by molar-refractivity contribution is 5.86. The van der Waals surface area contributed by atoms with Crippen LogP contribution in [-0.4, -0.2) is 33.4 Å². The van der Waals surface area contributed by atoms with Crippen molar-refractivity contribution in [3.8, 4) is 0 Å². The van der Waals surface area contributed by atoms with E-state index in [1.807, 2.05) is 19.1 Å². The Morgan fingerprint density at radius 3 is 2.88 bits per heavy atom. The highest BCUT2D eigenvalue weighted by Gasteiger charge is 2.82. The number of esters is 1. The topological polar surface area (TPSA) is 83.8 Å². The molecule has 5 nitrogen and oxygen atoms in total. The summed E-state index contributed by atoms with van der Waals surface area (Å²) in [6.07, 6.45) is 8.12. The van der Waals surface area contributed by atoms with Crippen molar-refractivity contribution in [2.45, 2.75) is 63.6 Å². The second kappa shape index (κ2) is 4.30. The molecule has 8 atom stereocenters. The van der Waals surface area contributed by atoms with Gasteiger partial charge >= 0.3 is 11.9 Å². The summed E-state index contributed by atoms with van der Waals surface area (Å²) in [5.41, 5.74) is -2.73. The second-order valence-corrected chi connectivity index (χ2v) is 9.44. The van der Waals surface area contributed by atoms with Gasteiger partial charge in [-0.05, 0) is 43.9 Å². The van der Waals surface area contributed by atoms with E-state index in [0.29, 0.717) is 19.3 Å². The Morgan fingerprint density at radius 2 is 2.20 bits per heavy atom. The van der Waals surface area contributed by atoms with Crippen molar-refractivity contribution in [2.75, 3.05) is 0 Å². The number of ether oxygens (including phenoxy) is 1. The molecule has 1 spiro atoms. The number of fused-ring (bicyclic) bond motifs is 1. The van der Waals surface area contributed by atoms with Gasteiger partial charge in [0.25, 0.3) is 0 Å². The van der Waals surface area contributed by atoms with Crippen molar-refractivity contribution in [1.82, 2.24) is 0 Å². The third kappa shape index (κ3) is 1.48. The lowest BCUT2D eigenvalue weighted by Gasteiger charge is -2.45. The number of rotatable bonds is 2. The number of carbonyl (C=O) groups is 2. The fourth-order valence-electron chi connectivity index (χ4n) is 7.97. The van der Waals surface area contributed by atoms with Gasteiger partial charge in [0, 0.05) is 18.3 Å². The average molecular weight is 346 g/mol. The van der Waals surface area contributed by atoms with Crippen LogP contribution in [0.2, 0.25) is 0 Å². The third-order valence-electron chi connectivity index (χ3n) is 8.68. The summed E-state index contributed by atoms with van der Waals surface area (Å²) in [7, 11) is 0. The van der Waals surface area contributed by atoms with Gasteiger partial charge in [-0.25, -0.2) is 0 Å². The fraction of sp³-hybridized carbons (Fsp3) is 0.800. The monoisotopic (exact) mass is 346 g/mol. The zero-order chi connectivity index (χ0) is 17.8. The average Bonchev–Trinajstić information content (AvgIpc) is 2.96. The van der Waals surface area contributed by atoms with Crippen molar-refractivity contribution in [3.63, 3.8) is 0 Å². The van der Waals surface area contributed by atoms with Crippen LogP contribution in [0.1, 0.15) is 52.4 Å². The number of hydrogen-bond acceptors (Lipinski definition) is 4. The molecule has 2 N–H and O–H groups in total. The molecule has 0 aromatic rings. The number of aliphatic carboxylic acids is 1. The van der Waals surface area contributed by atoms with E-state index in [1.165, 1.54) is 0 Å². The standard InChI is InChI=1S/C20H26O5/c1-3-11-9-18-10-19(11,24)8-5-12(18)20-7-4-6-17(2,16(23)25-20)14(20)13(18)15(21)22/h4,6,11-14,24H,3,5,7-10H2,1-2H3,(H,21,22)/t11-,12+,13+,14+,17-,18-,19-,20+/m0/s1. The second-order valence-electron chi connectivity index (χ2n) is 9.44. The lowest BCUT2D eigenvalue weighted by atomic mass is 9.62. The summed E-state index contributed by atoms with van der Waals surface area (Å²) in [5, 5.41) is 21.5. The first-order chi connectivity index (χ1) is 11.7. The first-order valence-electron chi connectivity index (χ1n) is 9.60. The molecule has 4 bridgehead atoms. The molecule has 3 saturated carbocycles. The lowest BCUT2D eigenvalue weighted by Crippen LogP contribution is -2.47. The molecule has 0 aromatic heterocycles. The van der Waals surface area contributed by atoms with Crippen LogP contribution in [0.3, 0.4) is 0 Å². The van der Waals surface area contributed by atoms with Gasteiger partial charge in [-0.3, -0.25) is 9.59 Å². The summed E-state index contributed by atoms with van der Waals surface area (Å²) in [4.78, 5) is 25.2. The zero-order valence-electron chi connectivity index (χ0n) is 14.8. The van der Waals surface area contributed by atoms with Crippen LogP contribution < -0.4 is 0 Å². The first-order valence-corrected chi connectivity index (χ1v) is 9.60. The van der Waals surface area contributed by atoms with E-state index in [9.17, 15) is 19.8 Å². The largest absolute Gasteiger partial charge is 0.481 e. The minimum absolute atomic E-state index is 0.0404. The maximum absolute atomic E-state index is 12.7. The van der Waals surface area contributed by atoms with Gasteiger partial charge in [-0.2, -0.15) is 0 Å². The Balaban J connectivity index is 1.73. The minimum Gasteiger partial charge on any atom is -0.481 e. The van der Waals surface area contributed by atoms with Crippen molar-refractivity contribution >= 4 is 11.9 Å². The van der Waals surface area contributed by atoms with E-state index in [4.69, 9.17) is 4.74 Å². The molecular weight excluding hydrogens is 320 g/mol. The number of hydrogen-bond donors (Lipinski definition) is 2. The molecule has 0 radical (unpaired) electrons. The van der Waals surface area contributed by atoms with Crippen LogP contribution in [-0.2, 0) is 14.3 Å². The van der Waals surface area contributed by atoms with E-state index in [1.54, 1.807) is 0 Å². The Morgan fingerprint density at radius 1 is 1.44 bits per heavy atom. The molecule has 25 heavy (non-hydrogen) atoms. The van der Waals surface area contributed by atoms with Gasteiger partial charge in [0.15, 0.2) is 0 Å². The van der Waals surface area contributed by atoms with Gasteiger partial charge in [-0.1, -0.05) is 25.5 Å². The predicted molar refractivity (Wildman–Crippen MR) is 88.4 cm³/mol. The lowest BCUT2D eigenvalue weighted by molar-refractivity contribution is -0.162. The molecule has 0 amide bonds. The predicted octanol–water partition coefficient (Wildman–Crippen LogP) is 2.53. The van der Waals surface area contributed by atoms with Gasteiger partial charge in [-0.15, -0.1) is 0 Å². The summed E-state index contributed by atoms with van der Waals surface area (Å²) >= 11 is 0. The van der Waals surface area contributed by atoms with Gasteiger partial charge in [0.1, 0.15) is 5.60 Å². The molecular formula is C20H26O5. The van der Waals surface area contributed by atoms with E-state index < -0.39 is 33.9 Å². The molecule has 5 rings (SSSR count). The minimum atomic E-state index is -0.851. The summed E-state index contributed by atoms with van der Waals surface area (Å²) < 4.78 is 6.05. The molecule has 4 fully saturated rings. The van der Waals surface area contributed by atoms with Crippen LogP contribution in [0.5, 0.6) is 0 Å². The first kappa shape index (κ1) is 15.9. The molecule has 136 valence electrons. The smallest absolute Gasteiger partial charge is 0.316 e. The van der Waals surface area contributed by atoms with E-state index in [-0.39, 0.29) is 23.7 Å². The van der Waals surface area contributed by atoms with Gasteiger partial charge in [0.2, 0.25) is 0 Å². The molecule has 0 unspecified atom stereocenters. The quantitative estimate of drug-likeness (QED) is 0.593. The van der Waals surface area contributed by atoms with Crippen molar-refractivity contribution < 1.29 is 24.5 Å². The van der Waals surface area contributed by atoms with Crippen LogP contribution in [0.4, 0.5) is 0 Å². The number of carboxylic acids is 1. The molecule has 1 saturated heterocycles. The Hall–Kier alpha value is -1.36. The fourth-order valence-corrected chi connectivity index (χ4v) is 7.97. The van der Waals surface area contributed by atoms with Gasteiger partial charge in [0.05, 0.1) is 16.9 Å². The molecule has 5 aliphatic rings. The number of carboxylic acid groups (broad SMARTS) is 1. The van der Waals surface area contributed by atoms with Crippen LogP contribution in [0.25, 0.3) is 0 Å². The molecule has 5 heteroatoms. The maximum atomic E-state index is 12.7. The van der Waals surface area contributed by atoms with Crippen LogP contribution in [0, 0.1) is 34.5 Å². The summed E-state index contributed by atoms with van der Waals surface area (Å²) in [6, 6.07) is 0. The Bertz CT molecular complexity index is 715. The summed E-state index contributed by atoms with van der Waals surface area (Å²) in [5.74, 6) is -1.85. The molecule has 1 heterocycles. The zero-order valence-corrected chi connectivity index (χ0v) is 14.8. The molecule has 4 aliphatic carbocycles. The molecule has 1 aliphatic heterocycles. The third-order valence-corrected chi connectivity index (χ3v) is 8.68. The highest BCUT2D eigenvalue weighted by Crippen LogP contribution is 2.77. The molecule has 0 aromatic carbocycles.